The molecule has 2 aliphatic carbocycles. The summed E-state index contributed by atoms with van der Waals surface area (Å²) in [7, 11) is 1.07. The normalized spacial score (nSPS) is 28.1. The van der Waals surface area contributed by atoms with Crippen molar-refractivity contribution in [2.45, 2.75) is 24.2 Å². The number of methoxy groups -OCH3 is 1. The number of hydrazine groups is 1. The number of carbonyl (C=O) groups is 5. The predicted octanol–water partition coefficient (Wildman–Crippen LogP) is 5.59. The Balaban J connectivity index is 1.46. The van der Waals surface area contributed by atoms with E-state index in [0.29, 0.717) is 26.6 Å². The van der Waals surface area contributed by atoms with Crippen LogP contribution in [0.2, 0.25) is 10.0 Å². The number of anilines is 1. The van der Waals surface area contributed by atoms with Crippen molar-refractivity contribution < 1.29 is 38.2 Å². The number of likely N-dealkylation sites (tertiary alicyclic amines) is 1. The summed E-state index contributed by atoms with van der Waals surface area (Å²) in [4.78, 5) is 69.8. The summed E-state index contributed by atoms with van der Waals surface area (Å²) in [5.74, 6) is -8.01. The van der Waals surface area contributed by atoms with Crippen LogP contribution in [0.1, 0.15) is 29.9 Å². The summed E-state index contributed by atoms with van der Waals surface area (Å²) >= 11 is 13.1. The van der Waals surface area contributed by atoms with Crippen molar-refractivity contribution in [2.24, 2.45) is 23.7 Å². The molecule has 1 saturated carbocycles. The molecule has 3 aromatic carbocycles. The Morgan fingerprint density at radius 1 is 0.957 bits per heavy atom. The molecule has 0 spiro atoms. The van der Waals surface area contributed by atoms with Crippen LogP contribution in [-0.4, -0.2) is 51.8 Å². The van der Waals surface area contributed by atoms with Crippen LogP contribution in [0.5, 0.6) is 5.75 Å². The average Bonchev–Trinajstić information content (AvgIpc) is 3.43. The number of imide groups is 4. The number of halogens is 3. The van der Waals surface area contributed by atoms with Crippen LogP contribution >= 0.6 is 23.2 Å². The van der Waals surface area contributed by atoms with Gasteiger partial charge in [-0.1, -0.05) is 53.1 Å². The number of nitrogens with one attached hydrogen (secondary N) is 1. The van der Waals surface area contributed by atoms with E-state index in [2.05, 4.69) is 5.43 Å². The van der Waals surface area contributed by atoms with Crippen LogP contribution in [0.25, 0.3) is 0 Å². The quantitative estimate of drug-likeness (QED) is 0.270. The lowest BCUT2D eigenvalue weighted by Crippen LogP contribution is -2.53. The zero-order valence-corrected chi connectivity index (χ0v) is 26.2. The van der Waals surface area contributed by atoms with Crippen LogP contribution in [0.15, 0.2) is 78.4 Å². The van der Waals surface area contributed by atoms with E-state index in [1.165, 1.54) is 36.4 Å². The molecule has 4 aliphatic rings. The summed E-state index contributed by atoms with van der Waals surface area (Å²) in [5, 5.41) is 11.7. The van der Waals surface area contributed by atoms with Crippen molar-refractivity contribution >= 4 is 58.6 Å². The maximum Gasteiger partial charge on any atom is 0.423 e. The fourth-order valence-electron chi connectivity index (χ4n) is 8.02. The molecule has 13 heteroatoms. The number of carbonyl (C=O) groups excluding carboxylic acids is 5. The van der Waals surface area contributed by atoms with Gasteiger partial charge in [-0.15, -0.1) is 0 Å². The van der Waals surface area contributed by atoms with Gasteiger partial charge >= 0.3 is 6.09 Å². The van der Waals surface area contributed by atoms with E-state index in [1.54, 1.807) is 36.4 Å². The van der Waals surface area contributed by atoms with Gasteiger partial charge in [0.05, 0.1) is 36.0 Å². The van der Waals surface area contributed by atoms with E-state index in [0.717, 1.165) is 12.1 Å². The molecule has 240 valence electrons. The number of rotatable bonds is 4. The summed E-state index contributed by atoms with van der Waals surface area (Å²) in [5.41, 5.74) is 2.95. The summed E-state index contributed by atoms with van der Waals surface area (Å²) in [6.45, 7) is 0. The van der Waals surface area contributed by atoms with Crippen LogP contribution in [0.3, 0.4) is 0 Å². The number of ether oxygens (including phenoxy) is 1. The lowest BCUT2D eigenvalue weighted by atomic mass is 9.49. The van der Waals surface area contributed by atoms with Crippen LogP contribution in [-0.2, 0) is 29.3 Å². The topological polar surface area (TPSA) is 133 Å². The van der Waals surface area contributed by atoms with Crippen molar-refractivity contribution in [3.05, 3.63) is 105 Å². The second-order valence-corrected chi connectivity index (χ2v) is 12.9. The largest absolute Gasteiger partial charge is 0.508 e. The number of hydrogen-bond donors (Lipinski definition) is 2. The minimum Gasteiger partial charge on any atom is -0.508 e. The van der Waals surface area contributed by atoms with Gasteiger partial charge in [0.15, 0.2) is 0 Å². The number of hydrogen-bond acceptors (Lipinski definition) is 8. The van der Waals surface area contributed by atoms with E-state index in [1.807, 2.05) is 0 Å². The van der Waals surface area contributed by atoms with Crippen LogP contribution < -0.4 is 5.43 Å². The summed E-state index contributed by atoms with van der Waals surface area (Å²) in [6, 6.07) is 16.0. The minimum absolute atomic E-state index is 0.0258. The van der Waals surface area contributed by atoms with E-state index in [-0.39, 0.29) is 29.3 Å². The van der Waals surface area contributed by atoms with Crippen molar-refractivity contribution in [2.75, 3.05) is 12.5 Å². The number of nitrogens with zero attached hydrogens (tertiary/aromatic N) is 2. The van der Waals surface area contributed by atoms with Gasteiger partial charge in [-0.3, -0.25) is 24.6 Å². The molecule has 3 aromatic rings. The SMILES string of the molecule is COC(=O)N1C(=O)[C@H]2[C@H](CC=C3[C@H]2C[C@H]2C(=O)N(Nc4ccc(F)cc4)C(=O)[C@@]2(c2ccc(Cl)cc2)[C@H]3c2ccc(O)cc2Cl)C1=O. The van der Waals surface area contributed by atoms with Crippen LogP contribution in [0, 0.1) is 29.5 Å². The zero-order valence-electron chi connectivity index (χ0n) is 24.7. The Hall–Kier alpha value is -4.74. The first kappa shape index (κ1) is 30.9. The number of phenolic OH excluding ortho intramolecular Hbond substituents is 1. The molecule has 2 saturated heterocycles. The molecular formula is C34H26Cl2FN3O7. The molecule has 2 aliphatic heterocycles. The van der Waals surface area contributed by atoms with Gasteiger partial charge in [-0.05, 0) is 78.4 Å². The highest BCUT2D eigenvalue weighted by atomic mass is 35.5. The molecule has 7 rings (SSSR count). The summed E-state index contributed by atoms with van der Waals surface area (Å²) < 4.78 is 18.5. The third-order valence-electron chi connectivity index (χ3n) is 9.91. The first-order chi connectivity index (χ1) is 22.5. The molecule has 0 unspecified atom stereocenters. The molecule has 10 nitrogen and oxygen atoms in total. The lowest BCUT2D eigenvalue weighted by molar-refractivity contribution is -0.140. The van der Waals surface area contributed by atoms with Crippen molar-refractivity contribution in [1.82, 2.24) is 9.91 Å². The van der Waals surface area contributed by atoms with Crippen molar-refractivity contribution in [3.8, 4) is 5.75 Å². The van der Waals surface area contributed by atoms with E-state index in [4.69, 9.17) is 27.9 Å². The monoisotopic (exact) mass is 677 g/mol. The van der Waals surface area contributed by atoms with Gasteiger partial charge in [0.25, 0.3) is 11.8 Å². The van der Waals surface area contributed by atoms with Gasteiger partial charge in [0, 0.05) is 16.0 Å². The third-order valence-corrected chi connectivity index (χ3v) is 10.5. The fourth-order valence-corrected chi connectivity index (χ4v) is 8.43. The minimum atomic E-state index is -1.64. The number of benzene rings is 3. The number of fused-ring (bicyclic) bond motifs is 4. The van der Waals surface area contributed by atoms with Crippen molar-refractivity contribution in [3.63, 3.8) is 0 Å². The zero-order chi connectivity index (χ0) is 33.4. The van der Waals surface area contributed by atoms with Crippen molar-refractivity contribution in [1.29, 1.82) is 0 Å². The van der Waals surface area contributed by atoms with Gasteiger partial charge in [0.1, 0.15) is 11.6 Å². The van der Waals surface area contributed by atoms with Gasteiger partial charge < -0.3 is 9.84 Å². The first-order valence-corrected chi connectivity index (χ1v) is 15.5. The number of allylic oxidation sites excluding steroid dienone is 2. The Bertz CT molecular complexity index is 1900. The Morgan fingerprint density at radius 3 is 2.32 bits per heavy atom. The van der Waals surface area contributed by atoms with E-state index >= 15 is 4.79 Å². The summed E-state index contributed by atoms with van der Waals surface area (Å²) in [6.07, 6.45) is 0.763. The molecule has 6 atom stereocenters. The molecule has 0 radical (unpaired) electrons. The third kappa shape index (κ3) is 4.47. The molecule has 2 N–H and O–H groups in total. The molecule has 5 amide bonds. The highest BCUT2D eigenvalue weighted by Crippen LogP contribution is 2.64. The van der Waals surface area contributed by atoms with Gasteiger partial charge in [-0.2, -0.15) is 9.91 Å². The highest BCUT2D eigenvalue weighted by molar-refractivity contribution is 6.32. The smallest absolute Gasteiger partial charge is 0.423 e. The Morgan fingerprint density at radius 2 is 1.66 bits per heavy atom. The molecule has 0 aromatic heterocycles. The van der Waals surface area contributed by atoms with Gasteiger partial charge in [0.2, 0.25) is 11.8 Å². The predicted molar refractivity (Wildman–Crippen MR) is 166 cm³/mol. The molecular weight excluding hydrogens is 652 g/mol. The highest BCUT2D eigenvalue weighted by Gasteiger charge is 2.70. The number of amides is 5. The second-order valence-electron chi connectivity index (χ2n) is 12.1. The fraction of sp³-hybridized carbons (Fsp3) is 0.265. The average molecular weight is 679 g/mol. The van der Waals surface area contributed by atoms with E-state index in [9.17, 15) is 28.7 Å². The maximum atomic E-state index is 15.0. The van der Waals surface area contributed by atoms with E-state index < -0.39 is 70.5 Å². The standard InChI is InChI=1S/C34H26Cl2FN3O7/c1-47-33(46)39-29(42)23-13-12-21-24(27(23)31(39)44)15-25-30(43)40(38-19-8-6-18(37)7-9-19)32(45)34(25,16-2-4-17(35)5-3-16)28(21)22-11-10-20(41)14-26(22)36/h2-12,14,23-25,27-28,38,41H,13,15H2,1H3/t23-,24+,25-,27-,28+,34+/m0/s1. The molecule has 3 fully saturated rings. The number of aromatic hydroxyl groups is 1. The van der Waals surface area contributed by atoms with Crippen LogP contribution in [0.4, 0.5) is 14.9 Å². The maximum absolute atomic E-state index is 15.0. The molecule has 0 bridgehead atoms. The lowest BCUT2D eigenvalue weighted by Gasteiger charge is -2.50. The molecule has 2 heterocycles. The van der Waals surface area contributed by atoms with Gasteiger partial charge in [-0.25, -0.2) is 9.18 Å². The Kier molecular flexibility index (Phi) is 7.36. The number of phenols is 1. The second kappa shape index (κ2) is 11.2. The molecule has 47 heavy (non-hydrogen) atoms. The Labute approximate surface area is 277 Å². The first-order valence-electron chi connectivity index (χ1n) is 14.8.